The van der Waals surface area contributed by atoms with Crippen molar-refractivity contribution in [1.29, 1.82) is 0 Å². The van der Waals surface area contributed by atoms with Crippen LogP contribution in [0.15, 0.2) is 36.4 Å². The number of ether oxygens (including phenoxy) is 2. The van der Waals surface area contributed by atoms with Crippen molar-refractivity contribution in [1.82, 2.24) is 0 Å². The van der Waals surface area contributed by atoms with Gasteiger partial charge in [-0.25, -0.2) is 0 Å². The number of anilines is 1. The topological polar surface area (TPSA) is 47.6 Å². The molecule has 1 atom stereocenters. The molecule has 102 valence electrons. The lowest BCUT2D eigenvalue weighted by Gasteiger charge is -2.24. The van der Waals surface area contributed by atoms with Crippen LogP contribution in [0.3, 0.4) is 0 Å². The van der Waals surface area contributed by atoms with Crippen LogP contribution in [0.1, 0.15) is 26.2 Å². The molecule has 1 aromatic rings. The molecule has 19 heavy (non-hydrogen) atoms. The summed E-state index contributed by atoms with van der Waals surface area (Å²) in [6, 6.07) is 7.35. The molecule has 1 aliphatic heterocycles. The third-order valence-corrected chi connectivity index (χ3v) is 2.92. The maximum atomic E-state index is 11.7. The van der Waals surface area contributed by atoms with Gasteiger partial charge >= 0.3 is 0 Å². The zero-order valence-corrected chi connectivity index (χ0v) is 11.1. The first-order valence-electron chi connectivity index (χ1n) is 6.51. The zero-order valence-electron chi connectivity index (χ0n) is 11.1. The fourth-order valence-corrected chi connectivity index (χ4v) is 1.85. The first-order chi connectivity index (χ1) is 9.16. The van der Waals surface area contributed by atoms with Crippen LogP contribution < -0.4 is 10.1 Å². The van der Waals surface area contributed by atoms with E-state index < -0.39 is 0 Å². The van der Waals surface area contributed by atoms with Crippen molar-refractivity contribution in [3.8, 4) is 5.75 Å². The van der Waals surface area contributed by atoms with E-state index in [1.54, 1.807) is 13.0 Å². The summed E-state index contributed by atoms with van der Waals surface area (Å²) in [7, 11) is 0. The highest BCUT2D eigenvalue weighted by molar-refractivity contribution is 6.03. The predicted octanol–water partition coefficient (Wildman–Crippen LogP) is 3.11. The monoisotopic (exact) mass is 261 g/mol. The lowest BCUT2D eigenvalue weighted by Crippen LogP contribution is -2.25. The van der Waals surface area contributed by atoms with E-state index in [1.807, 2.05) is 18.2 Å². The first kappa shape index (κ1) is 13.6. The molecule has 4 heteroatoms. The van der Waals surface area contributed by atoms with Crippen molar-refractivity contribution >= 4 is 11.6 Å². The average molecular weight is 261 g/mol. The molecule has 0 spiro atoms. The van der Waals surface area contributed by atoms with Gasteiger partial charge < -0.3 is 14.8 Å². The highest BCUT2D eigenvalue weighted by atomic mass is 16.7. The SMILES string of the molecule is C=C(C)C(=O)Nc1ccccc1OC1CCCCO1. The Kier molecular flexibility index (Phi) is 4.58. The van der Waals surface area contributed by atoms with Crippen LogP contribution in [0, 0.1) is 0 Å². The first-order valence-corrected chi connectivity index (χ1v) is 6.51. The van der Waals surface area contributed by atoms with Crippen LogP contribution in [-0.2, 0) is 9.53 Å². The molecule has 1 saturated heterocycles. The molecule has 0 aromatic heterocycles. The number of carbonyl (C=O) groups excluding carboxylic acids is 1. The van der Waals surface area contributed by atoms with Gasteiger partial charge in [0.05, 0.1) is 12.3 Å². The van der Waals surface area contributed by atoms with Crippen LogP contribution in [-0.4, -0.2) is 18.8 Å². The van der Waals surface area contributed by atoms with Crippen molar-refractivity contribution in [3.05, 3.63) is 36.4 Å². The molecular formula is C15H19NO3. The van der Waals surface area contributed by atoms with Gasteiger partial charge in [-0.15, -0.1) is 0 Å². The number of para-hydroxylation sites is 2. The molecule has 1 unspecified atom stereocenters. The summed E-state index contributed by atoms with van der Waals surface area (Å²) in [5.74, 6) is 0.421. The van der Waals surface area contributed by atoms with Crippen molar-refractivity contribution in [2.45, 2.75) is 32.5 Å². The summed E-state index contributed by atoms with van der Waals surface area (Å²) in [6.07, 6.45) is 2.83. The van der Waals surface area contributed by atoms with Crippen molar-refractivity contribution in [2.24, 2.45) is 0 Å². The van der Waals surface area contributed by atoms with E-state index in [0.717, 1.165) is 25.9 Å². The van der Waals surface area contributed by atoms with Gasteiger partial charge in [-0.3, -0.25) is 4.79 Å². The smallest absolute Gasteiger partial charge is 0.250 e. The molecule has 1 amide bonds. The van der Waals surface area contributed by atoms with Gasteiger partial charge in [-0.1, -0.05) is 18.7 Å². The largest absolute Gasteiger partial charge is 0.463 e. The standard InChI is InChI=1S/C15H19NO3/c1-11(2)15(17)16-12-7-3-4-8-13(12)19-14-9-5-6-10-18-14/h3-4,7-8,14H,1,5-6,9-10H2,2H3,(H,16,17). The Labute approximate surface area is 113 Å². The number of rotatable bonds is 4. The third-order valence-electron chi connectivity index (χ3n) is 2.92. The number of carbonyl (C=O) groups is 1. The second kappa shape index (κ2) is 6.38. The molecule has 0 saturated carbocycles. The number of hydrogen-bond donors (Lipinski definition) is 1. The highest BCUT2D eigenvalue weighted by Gasteiger charge is 2.17. The van der Waals surface area contributed by atoms with E-state index in [1.165, 1.54) is 0 Å². The van der Waals surface area contributed by atoms with Crippen LogP contribution in [0.25, 0.3) is 0 Å². The fourth-order valence-electron chi connectivity index (χ4n) is 1.85. The minimum atomic E-state index is -0.225. The third kappa shape index (κ3) is 3.83. The van der Waals surface area contributed by atoms with E-state index in [0.29, 0.717) is 17.0 Å². The Morgan fingerprint density at radius 1 is 1.42 bits per heavy atom. The molecular weight excluding hydrogens is 242 g/mol. The van der Waals surface area contributed by atoms with Gasteiger partial charge in [0.1, 0.15) is 5.75 Å². The van der Waals surface area contributed by atoms with Crippen LogP contribution >= 0.6 is 0 Å². The van der Waals surface area contributed by atoms with Crippen LogP contribution in [0.5, 0.6) is 5.75 Å². The van der Waals surface area contributed by atoms with Gasteiger partial charge in [0.15, 0.2) is 6.29 Å². The number of benzene rings is 1. The van der Waals surface area contributed by atoms with Gasteiger partial charge in [0, 0.05) is 12.0 Å². The van der Waals surface area contributed by atoms with Crippen LogP contribution in [0.2, 0.25) is 0 Å². The molecule has 1 heterocycles. The molecule has 1 N–H and O–H groups in total. The Bertz CT molecular complexity index is 464. The lowest BCUT2D eigenvalue weighted by atomic mass is 10.2. The van der Waals surface area contributed by atoms with E-state index in [4.69, 9.17) is 9.47 Å². The summed E-state index contributed by atoms with van der Waals surface area (Å²) in [5.41, 5.74) is 1.10. The average Bonchev–Trinajstić information content (AvgIpc) is 2.42. The van der Waals surface area contributed by atoms with Crippen LogP contribution in [0.4, 0.5) is 5.69 Å². The minimum absolute atomic E-state index is 0.208. The molecule has 0 radical (unpaired) electrons. The summed E-state index contributed by atoms with van der Waals surface area (Å²) in [5, 5.41) is 2.78. The van der Waals surface area contributed by atoms with Crippen molar-refractivity contribution in [2.75, 3.05) is 11.9 Å². The zero-order chi connectivity index (χ0) is 13.7. The van der Waals surface area contributed by atoms with Gasteiger partial charge in [0.25, 0.3) is 5.91 Å². The number of amides is 1. The predicted molar refractivity (Wildman–Crippen MR) is 74.1 cm³/mol. The summed E-state index contributed by atoms with van der Waals surface area (Å²) < 4.78 is 11.3. The Morgan fingerprint density at radius 3 is 2.89 bits per heavy atom. The normalized spacial score (nSPS) is 18.7. The Morgan fingerprint density at radius 2 is 2.21 bits per heavy atom. The highest BCUT2D eigenvalue weighted by Crippen LogP contribution is 2.27. The quantitative estimate of drug-likeness (QED) is 0.847. The molecule has 1 aliphatic rings. The fraction of sp³-hybridized carbons (Fsp3) is 0.400. The summed E-state index contributed by atoms with van der Waals surface area (Å²) in [6.45, 7) is 6.02. The number of hydrogen-bond acceptors (Lipinski definition) is 3. The van der Waals surface area contributed by atoms with E-state index in [9.17, 15) is 4.79 Å². The maximum Gasteiger partial charge on any atom is 0.250 e. The molecule has 4 nitrogen and oxygen atoms in total. The van der Waals surface area contributed by atoms with E-state index >= 15 is 0 Å². The second-order valence-corrected chi connectivity index (χ2v) is 4.64. The van der Waals surface area contributed by atoms with Crippen molar-refractivity contribution in [3.63, 3.8) is 0 Å². The van der Waals surface area contributed by atoms with E-state index in [2.05, 4.69) is 11.9 Å². The summed E-state index contributed by atoms with van der Waals surface area (Å²) >= 11 is 0. The maximum absolute atomic E-state index is 11.7. The molecule has 0 aliphatic carbocycles. The number of nitrogens with one attached hydrogen (secondary N) is 1. The lowest BCUT2D eigenvalue weighted by molar-refractivity contribution is -0.113. The Balaban J connectivity index is 2.07. The second-order valence-electron chi connectivity index (χ2n) is 4.64. The Hall–Kier alpha value is -1.81. The molecule has 2 rings (SSSR count). The molecule has 0 bridgehead atoms. The van der Waals surface area contributed by atoms with Crippen molar-refractivity contribution < 1.29 is 14.3 Å². The minimum Gasteiger partial charge on any atom is -0.463 e. The van der Waals surface area contributed by atoms with Gasteiger partial charge in [-0.05, 0) is 31.9 Å². The van der Waals surface area contributed by atoms with Gasteiger partial charge in [0.2, 0.25) is 0 Å². The summed E-state index contributed by atoms with van der Waals surface area (Å²) in [4.78, 5) is 11.7. The molecule has 1 fully saturated rings. The van der Waals surface area contributed by atoms with E-state index in [-0.39, 0.29) is 12.2 Å². The van der Waals surface area contributed by atoms with Gasteiger partial charge in [-0.2, -0.15) is 0 Å². The molecule has 1 aromatic carbocycles.